The monoisotopic (exact) mass is 393 g/mol. The fraction of sp³-hybridized carbons (Fsp3) is 0.889. The summed E-state index contributed by atoms with van der Waals surface area (Å²) < 4.78 is 42.1. The summed E-state index contributed by atoms with van der Waals surface area (Å²) in [5.74, 6) is -0.00503. The summed E-state index contributed by atoms with van der Waals surface area (Å²) in [5.41, 5.74) is 0. The van der Waals surface area contributed by atoms with Crippen molar-refractivity contribution < 1.29 is 27.5 Å². The molecule has 2 rings (SSSR count). The van der Waals surface area contributed by atoms with Crippen molar-refractivity contribution in [2.75, 3.05) is 39.8 Å². The van der Waals surface area contributed by atoms with Crippen molar-refractivity contribution >= 4 is 11.8 Å². The molecule has 27 heavy (non-hydrogen) atoms. The van der Waals surface area contributed by atoms with Crippen LogP contribution >= 0.6 is 0 Å². The molecule has 0 radical (unpaired) electrons. The smallest absolute Gasteiger partial charge is 0.371 e. The van der Waals surface area contributed by atoms with E-state index in [4.69, 9.17) is 0 Å². The Morgan fingerprint density at radius 2 is 1.93 bits per heavy atom. The Labute approximate surface area is 158 Å². The number of carbonyl (C=O) groups excluding carboxylic acids is 2. The van der Waals surface area contributed by atoms with Gasteiger partial charge in [-0.15, -0.1) is 0 Å². The van der Waals surface area contributed by atoms with Crippen molar-refractivity contribution in [2.45, 2.75) is 57.3 Å². The predicted octanol–water partition coefficient (Wildman–Crippen LogP) is 1.79. The summed E-state index contributed by atoms with van der Waals surface area (Å²) in [6.07, 6.45) is -3.81. The predicted molar refractivity (Wildman–Crippen MR) is 94.1 cm³/mol. The SMILES string of the molecule is CCN1CCC(N2CCC(CCNC(=O)CC(OC)C(F)(F)F)CC2)C1=O. The Morgan fingerprint density at radius 3 is 2.44 bits per heavy atom. The highest BCUT2D eigenvalue weighted by Gasteiger charge is 2.41. The molecule has 2 unspecified atom stereocenters. The van der Waals surface area contributed by atoms with Crippen molar-refractivity contribution in [1.82, 2.24) is 15.1 Å². The summed E-state index contributed by atoms with van der Waals surface area (Å²) in [6, 6.07) is -0.000974. The zero-order valence-electron chi connectivity index (χ0n) is 16.1. The Kier molecular flexibility index (Phi) is 7.91. The third-order valence-corrected chi connectivity index (χ3v) is 5.64. The van der Waals surface area contributed by atoms with Gasteiger partial charge in [0.25, 0.3) is 0 Å². The van der Waals surface area contributed by atoms with Gasteiger partial charge in [0.1, 0.15) is 0 Å². The minimum absolute atomic E-state index is 0.000974. The molecule has 2 heterocycles. The lowest BCUT2D eigenvalue weighted by Gasteiger charge is -2.35. The number of piperidine rings is 1. The van der Waals surface area contributed by atoms with E-state index < -0.39 is 24.6 Å². The van der Waals surface area contributed by atoms with Gasteiger partial charge in [-0.25, -0.2) is 0 Å². The van der Waals surface area contributed by atoms with E-state index in [0.29, 0.717) is 12.5 Å². The van der Waals surface area contributed by atoms with Crippen LogP contribution in [0.25, 0.3) is 0 Å². The molecule has 0 aromatic carbocycles. The Balaban J connectivity index is 1.65. The van der Waals surface area contributed by atoms with Crippen molar-refractivity contribution in [1.29, 1.82) is 0 Å². The maximum absolute atomic E-state index is 12.6. The molecule has 0 bridgehead atoms. The summed E-state index contributed by atoms with van der Waals surface area (Å²) >= 11 is 0. The lowest BCUT2D eigenvalue weighted by Crippen LogP contribution is -2.46. The summed E-state index contributed by atoms with van der Waals surface area (Å²) in [7, 11) is 0.952. The maximum atomic E-state index is 12.6. The van der Waals surface area contributed by atoms with Gasteiger partial charge in [0.05, 0.1) is 12.5 Å². The molecule has 0 aromatic rings. The molecular weight excluding hydrogens is 363 g/mol. The number of likely N-dealkylation sites (N-methyl/N-ethyl adjacent to an activating group) is 1. The van der Waals surface area contributed by atoms with E-state index in [0.717, 1.165) is 59.0 Å². The van der Waals surface area contributed by atoms with Crippen molar-refractivity contribution in [2.24, 2.45) is 5.92 Å². The first-order chi connectivity index (χ1) is 12.8. The van der Waals surface area contributed by atoms with Gasteiger partial charge in [-0.05, 0) is 51.6 Å². The van der Waals surface area contributed by atoms with Crippen molar-refractivity contribution in [3.8, 4) is 0 Å². The van der Waals surface area contributed by atoms with E-state index in [1.807, 2.05) is 11.8 Å². The molecule has 2 atom stereocenters. The molecular formula is C18H30F3N3O3. The van der Waals surface area contributed by atoms with Gasteiger partial charge in [0, 0.05) is 26.7 Å². The van der Waals surface area contributed by atoms with Crippen LogP contribution in [0.4, 0.5) is 13.2 Å². The minimum atomic E-state index is -4.54. The van der Waals surface area contributed by atoms with Crippen LogP contribution in [-0.2, 0) is 14.3 Å². The molecule has 0 aliphatic carbocycles. The zero-order valence-corrected chi connectivity index (χ0v) is 16.1. The molecule has 6 nitrogen and oxygen atoms in total. The molecule has 0 spiro atoms. The number of carbonyl (C=O) groups is 2. The quantitative estimate of drug-likeness (QED) is 0.683. The molecule has 2 fully saturated rings. The molecule has 0 aromatic heterocycles. The first kappa shape index (κ1) is 21.9. The van der Waals surface area contributed by atoms with E-state index in [9.17, 15) is 22.8 Å². The highest BCUT2D eigenvalue weighted by Crippen LogP contribution is 2.26. The maximum Gasteiger partial charge on any atom is 0.415 e. The Bertz CT molecular complexity index is 508. The summed E-state index contributed by atoms with van der Waals surface area (Å²) in [6.45, 7) is 5.64. The fourth-order valence-corrected chi connectivity index (χ4v) is 3.92. The number of nitrogens with one attached hydrogen (secondary N) is 1. The molecule has 9 heteroatoms. The topological polar surface area (TPSA) is 61.9 Å². The Morgan fingerprint density at radius 1 is 1.26 bits per heavy atom. The largest absolute Gasteiger partial charge is 0.415 e. The lowest BCUT2D eigenvalue weighted by atomic mass is 9.92. The minimum Gasteiger partial charge on any atom is -0.371 e. The molecule has 2 saturated heterocycles. The first-order valence-corrected chi connectivity index (χ1v) is 9.65. The van der Waals surface area contributed by atoms with Gasteiger partial charge >= 0.3 is 6.18 Å². The average molecular weight is 393 g/mol. The molecule has 0 saturated carbocycles. The second-order valence-corrected chi connectivity index (χ2v) is 7.31. The van der Waals surface area contributed by atoms with E-state index in [-0.39, 0.29) is 11.9 Å². The van der Waals surface area contributed by atoms with Crippen LogP contribution in [0.2, 0.25) is 0 Å². The van der Waals surface area contributed by atoms with Crippen LogP contribution in [-0.4, -0.2) is 79.8 Å². The molecule has 156 valence electrons. The number of methoxy groups -OCH3 is 1. The third kappa shape index (κ3) is 6.07. The molecule has 2 amide bonds. The van der Waals surface area contributed by atoms with E-state index in [1.54, 1.807) is 0 Å². The van der Waals surface area contributed by atoms with Crippen LogP contribution in [0.15, 0.2) is 0 Å². The van der Waals surface area contributed by atoms with Gasteiger partial charge in [-0.1, -0.05) is 0 Å². The lowest BCUT2D eigenvalue weighted by molar-refractivity contribution is -0.214. The van der Waals surface area contributed by atoms with Crippen LogP contribution in [0.3, 0.4) is 0 Å². The number of nitrogens with zero attached hydrogens (tertiary/aromatic N) is 2. The zero-order chi connectivity index (χ0) is 20.0. The first-order valence-electron chi connectivity index (χ1n) is 9.65. The Hall–Kier alpha value is -1.35. The third-order valence-electron chi connectivity index (χ3n) is 5.64. The normalized spacial score (nSPS) is 23.7. The number of likely N-dealkylation sites (tertiary alicyclic amines) is 2. The molecule has 2 aliphatic rings. The van der Waals surface area contributed by atoms with Crippen LogP contribution < -0.4 is 5.32 Å². The van der Waals surface area contributed by atoms with Crippen LogP contribution in [0, 0.1) is 5.92 Å². The number of hydrogen-bond acceptors (Lipinski definition) is 4. The fourth-order valence-electron chi connectivity index (χ4n) is 3.92. The standard InChI is InChI=1S/C18H30F3N3O3/c1-3-23-11-7-14(17(23)26)24-9-5-13(6-10-24)4-8-22-16(25)12-15(27-2)18(19,20)21/h13-15H,3-12H2,1-2H3,(H,22,25). The van der Waals surface area contributed by atoms with Gasteiger partial charge < -0.3 is 15.0 Å². The van der Waals surface area contributed by atoms with Crippen molar-refractivity contribution in [3.63, 3.8) is 0 Å². The highest BCUT2D eigenvalue weighted by molar-refractivity contribution is 5.84. The summed E-state index contributed by atoms with van der Waals surface area (Å²) in [5, 5.41) is 2.56. The number of ether oxygens (including phenoxy) is 1. The van der Waals surface area contributed by atoms with Crippen LogP contribution in [0.5, 0.6) is 0 Å². The molecule has 2 aliphatic heterocycles. The van der Waals surface area contributed by atoms with E-state index in [2.05, 4.69) is 15.0 Å². The number of rotatable bonds is 8. The second kappa shape index (κ2) is 9.73. The summed E-state index contributed by atoms with van der Waals surface area (Å²) in [4.78, 5) is 28.1. The average Bonchev–Trinajstić information content (AvgIpc) is 3.00. The number of alkyl halides is 3. The highest BCUT2D eigenvalue weighted by atomic mass is 19.4. The number of hydrogen-bond donors (Lipinski definition) is 1. The van der Waals surface area contributed by atoms with Crippen LogP contribution in [0.1, 0.15) is 39.0 Å². The van der Waals surface area contributed by atoms with E-state index >= 15 is 0 Å². The molecule has 1 N–H and O–H groups in total. The van der Waals surface area contributed by atoms with Gasteiger partial charge in [0.2, 0.25) is 11.8 Å². The van der Waals surface area contributed by atoms with Gasteiger partial charge in [0.15, 0.2) is 6.10 Å². The van der Waals surface area contributed by atoms with Crippen molar-refractivity contribution in [3.05, 3.63) is 0 Å². The number of halogens is 3. The second-order valence-electron chi connectivity index (χ2n) is 7.31. The van der Waals surface area contributed by atoms with E-state index in [1.165, 1.54) is 0 Å². The van der Waals surface area contributed by atoms with Gasteiger partial charge in [-0.3, -0.25) is 14.5 Å². The van der Waals surface area contributed by atoms with Gasteiger partial charge in [-0.2, -0.15) is 13.2 Å². The number of amides is 2.